The molecule has 1 aliphatic heterocycles. The number of alkyl halides is 2. The van der Waals surface area contributed by atoms with Gasteiger partial charge in [-0.2, -0.15) is 0 Å². The fourth-order valence-corrected chi connectivity index (χ4v) is 1.68. The van der Waals surface area contributed by atoms with Crippen LogP contribution in [0.15, 0.2) is 23.4 Å². The highest BCUT2D eigenvalue weighted by molar-refractivity contribution is 14.2. The highest BCUT2D eigenvalue weighted by Crippen LogP contribution is 2.09. The second-order valence-corrected chi connectivity index (χ2v) is 10.5. The van der Waals surface area contributed by atoms with Crippen molar-refractivity contribution in [2.24, 2.45) is 5.10 Å². The second-order valence-electron chi connectivity index (χ2n) is 4.02. The van der Waals surface area contributed by atoms with Crippen LogP contribution in [-0.4, -0.2) is 35.9 Å². The van der Waals surface area contributed by atoms with Gasteiger partial charge >= 0.3 is 0 Å². The smallest absolute Gasteiger partial charge is 0.271 e. The summed E-state index contributed by atoms with van der Waals surface area (Å²) in [4.78, 5) is 16.1. The Labute approximate surface area is 154 Å². The topological polar surface area (TPSA) is 83.7 Å². The molecule has 2 rings (SSSR count). The highest BCUT2D eigenvalue weighted by Gasteiger charge is 2.21. The average molecular weight is 538 g/mol. The molecule has 0 aliphatic carbocycles. The zero-order valence-electron chi connectivity index (χ0n) is 11.2. The van der Waals surface area contributed by atoms with Gasteiger partial charge in [-0.3, -0.25) is 0 Å². The molecule has 1 aliphatic rings. The Balaban J connectivity index is 0.000000491. The van der Waals surface area contributed by atoms with Crippen molar-refractivity contribution in [2.45, 2.75) is 15.4 Å². The Morgan fingerprint density at radius 3 is 2.81 bits per heavy atom. The first-order valence-electron chi connectivity index (χ1n) is 5.99. The number of guanidine groups is 1. The molecule has 10 heteroatoms. The van der Waals surface area contributed by atoms with Crippen molar-refractivity contribution in [3.8, 4) is 0 Å². The molecule has 0 bridgehead atoms. The second kappa shape index (κ2) is 9.56. The SMILES string of the molecule is CC(I)I.O=[N+]([O-])/N=C1\NCCN1Cc1ccc(Cl)nc1. The van der Waals surface area contributed by atoms with E-state index in [2.05, 4.69) is 67.5 Å². The minimum absolute atomic E-state index is 0.282. The summed E-state index contributed by atoms with van der Waals surface area (Å²) in [7, 11) is 0. The van der Waals surface area contributed by atoms with E-state index >= 15 is 0 Å². The van der Waals surface area contributed by atoms with Gasteiger partial charge in [0.25, 0.3) is 5.96 Å². The van der Waals surface area contributed by atoms with Crippen molar-refractivity contribution in [3.05, 3.63) is 39.2 Å². The van der Waals surface area contributed by atoms with Crippen LogP contribution >= 0.6 is 56.8 Å². The van der Waals surface area contributed by atoms with E-state index in [1.807, 2.05) is 6.07 Å². The van der Waals surface area contributed by atoms with E-state index in [1.165, 1.54) is 0 Å². The Morgan fingerprint density at radius 2 is 2.29 bits per heavy atom. The van der Waals surface area contributed by atoms with Gasteiger partial charge in [-0.05, 0) is 18.6 Å². The average Bonchev–Trinajstić information content (AvgIpc) is 2.78. The van der Waals surface area contributed by atoms with E-state index in [4.69, 9.17) is 11.6 Å². The third-order valence-electron chi connectivity index (χ3n) is 2.30. The molecule has 0 unspecified atom stereocenters. The number of aromatic nitrogens is 1. The largest absolute Gasteiger partial charge is 0.349 e. The summed E-state index contributed by atoms with van der Waals surface area (Å²) in [6.45, 7) is 3.98. The van der Waals surface area contributed by atoms with Crippen LogP contribution in [0.1, 0.15) is 12.5 Å². The molecule has 0 radical (unpaired) electrons. The van der Waals surface area contributed by atoms with Crippen LogP contribution in [-0.2, 0) is 6.54 Å². The quantitative estimate of drug-likeness (QED) is 0.211. The molecule has 1 saturated heterocycles. The molecule has 1 fully saturated rings. The third kappa shape index (κ3) is 7.95. The predicted octanol–water partition coefficient (Wildman–Crippen LogP) is 2.89. The van der Waals surface area contributed by atoms with E-state index in [1.54, 1.807) is 17.2 Å². The van der Waals surface area contributed by atoms with Crippen LogP contribution in [0.5, 0.6) is 0 Å². The van der Waals surface area contributed by atoms with Crippen molar-refractivity contribution in [1.29, 1.82) is 0 Å². The molecule has 116 valence electrons. The van der Waals surface area contributed by atoms with Crippen LogP contribution in [0.2, 0.25) is 5.15 Å². The van der Waals surface area contributed by atoms with Crippen LogP contribution < -0.4 is 5.32 Å². The van der Waals surface area contributed by atoms with E-state index in [-0.39, 0.29) is 5.96 Å². The molecule has 21 heavy (non-hydrogen) atoms. The molecule has 1 aromatic heterocycles. The predicted molar refractivity (Wildman–Crippen MR) is 99.6 cm³/mol. The minimum atomic E-state index is -0.708. The molecule has 1 N–H and O–H groups in total. The lowest BCUT2D eigenvalue weighted by molar-refractivity contribution is -0.485. The molecular weight excluding hydrogens is 523 g/mol. The number of nitro groups is 1. The van der Waals surface area contributed by atoms with Gasteiger partial charge in [0.2, 0.25) is 0 Å². The first-order valence-corrected chi connectivity index (χ1v) is 8.86. The van der Waals surface area contributed by atoms with Gasteiger partial charge in [0.1, 0.15) is 10.3 Å². The van der Waals surface area contributed by atoms with Crippen LogP contribution in [0.3, 0.4) is 0 Å². The third-order valence-corrected chi connectivity index (χ3v) is 2.53. The van der Waals surface area contributed by atoms with Gasteiger partial charge in [-0.25, -0.2) is 15.1 Å². The lowest BCUT2D eigenvalue weighted by Gasteiger charge is -2.14. The standard InChI is InChI=1S/C9H10ClN5O2.C2H4I2/c10-8-2-1-7(5-12-8)6-14-4-3-11-9(14)13-15(16)17;1-2(3)4/h1-2,5H,3-4,6H2,(H,11,13);2H,1H3. The summed E-state index contributed by atoms with van der Waals surface area (Å²) >= 11 is 10.3. The summed E-state index contributed by atoms with van der Waals surface area (Å²) < 4.78 is 0.773. The molecule has 0 saturated carbocycles. The number of nitrogens with one attached hydrogen (secondary N) is 1. The van der Waals surface area contributed by atoms with Gasteiger partial charge in [0.15, 0.2) is 5.03 Å². The number of hydrazone groups is 1. The molecule has 1 aromatic rings. The number of nitrogens with zero attached hydrogens (tertiary/aromatic N) is 4. The molecule has 0 aromatic carbocycles. The maximum atomic E-state index is 10.3. The van der Waals surface area contributed by atoms with Crippen molar-refractivity contribution in [2.75, 3.05) is 13.1 Å². The zero-order valence-corrected chi connectivity index (χ0v) is 16.2. The number of pyridine rings is 1. The van der Waals surface area contributed by atoms with Crippen molar-refractivity contribution in [1.82, 2.24) is 15.2 Å². The molecular formula is C11H14ClI2N5O2. The number of halogens is 3. The van der Waals surface area contributed by atoms with Crippen LogP contribution in [0.4, 0.5) is 0 Å². The number of rotatable bonds is 3. The molecule has 7 nitrogen and oxygen atoms in total. The van der Waals surface area contributed by atoms with Gasteiger partial charge < -0.3 is 10.2 Å². The Hall–Kier alpha value is -0.430. The molecule has 2 heterocycles. The fourth-order valence-electron chi connectivity index (χ4n) is 1.57. The number of hydrogen-bond acceptors (Lipinski definition) is 3. The monoisotopic (exact) mass is 537 g/mol. The first kappa shape index (κ1) is 18.6. The van der Waals surface area contributed by atoms with Crippen molar-refractivity contribution < 1.29 is 5.03 Å². The normalized spacial score (nSPS) is 15.7. The maximum Gasteiger partial charge on any atom is 0.271 e. The summed E-state index contributed by atoms with van der Waals surface area (Å²) in [6.07, 6.45) is 1.64. The first-order chi connectivity index (χ1) is 9.88. The highest BCUT2D eigenvalue weighted by atomic mass is 127. The molecule has 0 spiro atoms. The molecule has 0 atom stereocenters. The maximum absolute atomic E-state index is 10.3. The van der Waals surface area contributed by atoms with Crippen molar-refractivity contribution in [3.63, 3.8) is 0 Å². The van der Waals surface area contributed by atoms with Gasteiger partial charge in [-0.1, -0.05) is 62.8 Å². The van der Waals surface area contributed by atoms with Gasteiger partial charge in [0, 0.05) is 25.8 Å². The van der Waals surface area contributed by atoms with E-state index in [9.17, 15) is 10.1 Å². The summed E-state index contributed by atoms with van der Waals surface area (Å²) in [5.41, 5.74) is 0.925. The van der Waals surface area contributed by atoms with Crippen LogP contribution in [0, 0.1) is 10.1 Å². The summed E-state index contributed by atoms with van der Waals surface area (Å²) in [5.74, 6) is 0.282. The Morgan fingerprint density at radius 1 is 1.62 bits per heavy atom. The zero-order chi connectivity index (χ0) is 15.8. The Bertz CT molecular complexity index is 495. The summed E-state index contributed by atoms with van der Waals surface area (Å²) in [5, 5.41) is 16.2. The minimum Gasteiger partial charge on any atom is -0.349 e. The van der Waals surface area contributed by atoms with Gasteiger partial charge in [0.05, 0.1) is 1.93 Å². The Kier molecular flexibility index (Phi) is 8.48. The van der Waals surface area contributed by atoms with Gasteiger partial charge in [-0.15, -0.1) is 0 Å². The number of hydrogen-bond donors (Lipinski definition) is 1. The summed E-state index contributed by atoms with van der Waals surface area (Å²) in [6, 6.07) is 3.52. The van der Waals surface area contributed by atoms with Crippen LogP contribution in [0.25, 0.3) is 0 Å². The lowest BCUT2D eigenvalue weighted by Crippen LogP contribution is -2.30. The van der Waals surface area contributed by atoms with E-state index in [0.29, 0.717) is 24.8 Å². The van der Waals surface area contributed by atoms with E-state index < -0.39 is 5.03 Å². The van der Waals surface area contributed by atoms with E-state index in [0.717, 1.165) is 7.49 Å². The fraction of sp³-hybridized carbons (Fsp3) is 0.455. The molecule has 0 amide bonds. The lowest BCUT2D eigenvalue weighted by atomic mass is 10.3. The van der Waals surface area contributed by atoms with Crippen molar-refractivity contribution >= 4 is 62.7 Å².